The molecule has 3 amide bonds. The van der Waals surface area contributed by atoms with Crippen molar-refractivity contribution >= 4 is 60.3 Å². The average molecular weight is 614 g/mol. The predicted molar refractivity (Wildman–Crippen MR) is 166 cm³/mol. The van der Waals surface area contributed by atoms with Gasteiger partial charge in [0, 0.05) is 46.1 Å². The van der Waals surface area contributed by atoms with Gasteiger partial charge < -0.3 is 26.2 Å². The lowest BCUT2D eigenvalue weighted by Gasteiger charge is -2.09. The van der Waals surface area contributed by atoms with Crippen LogP contribution >= 0.6 is 11.3 Å². The number of aryl methyl sites for hydroxylation is 1. The minimum Gasteiger partial charge on any atom is -0.383 e. The van der Waals surface area contributed by atoms with Crippen LogP contribution in [0.1, 0.15) is 35.2 Å². The number of rotatable bonds is 10. The zero-order chi connectivity index (χ0) is 30.4. The van der Waals surface area contributed by atoms with E-state index in [2.05, 4.69) is 20.0 Å². The molecule has 42 heavy (non-hydrogen) atoms. The highest BCUT2D eigenvalue weighted by Gasteiger charge is 2.16. The Morgan fingerprint density at radius 2 is 1.95 bits per heavy atom. The van der Waals surface area contributed by atoms with E-state index in [1.165, 1.54) is 37.0 Å². The number of unbranched alkanes of at least 4 members (excludes halogenated alkanes) is 1. The van der Waals surface area contributed by atoms with E-state index < -0.39 is 33.8 Å². The Kier molecular flexibility index (Phi) is 9.89. The lowest BCUT2D eigenvalue weighted by atomic mass is 10.1. The zero-order valence-corrected chi connectivity index (χ0v) is 25.0. The van der Waals surface area contributed by atoms with Gasteiger partial charge in [0.25, 0.3) is 5.91 Å². The molecule has 0 saturated heterocycles. The summed E-state index contributed by atoms with van der Waals surface area (Å²) in [5.74, 6) is -0.773. The van der Waals surface area contributed by atoms with Crippen molar-refractivity contribution in [2.45, 2.75) is 32.5 Å². The van der Waals surface area contributed by atoms with Crippen LogP contribution in [-0.4, -0.2) is 51.6 Å². The van der Waals surface area contributed by atoms with Crippen LogP contribution in [0.15, 0.2) is 59.1 Å². The third-order valence-corrected chi connectivity index (χ3v) is 9.09. The molecule has 0 fully saturated rings. The number of nitrogens with two attached hydrogens (primary N) is 1. The number of urea groups is 1. The molecular weight excluding hydrogens is 581 g/mol. The minimum absolute atomic E-state index is 0.0799. The molecule has 4 rings (SSSR count). The number of ether oxygens (including phenoxy) is 1. The van der Waals surface area contributed by atoms with E-state index in [4.69, 9.17) is 10.5 Å². The van der Waals surface area contributed by atoms with Gasteiger partial charge in [-0.15, -0.1) is 11.3 Å². The number of carbonyl (C=O) groups is 2. The average Bonchev–Trinajstić information content (AvgIpc) is 3.36. The van der Waals surface area contributed by atoms with Gasteiger partial charge in [0.15, 0.2) is 6.29 Å². The van der Waals surface area contributed by atoms with Crippen molar-refractivity contribution < 1.29 is 28.0 Å². The molecule has 0 spiro atoms. The summed E-state index contributed by atoms with van der Waals surface area (Å²) in [7, 11) is -1.39. The highest BCUT2D eigenvalue weighted by atomic mass is 32.2. The number of benzene rings is 2. The third kappa shape index (κ3) is 8.10. The Morgan fingerprint density at radius 3 is 2.71 bits per heavy atom. The third-order valence-electron chi connectivity index (χ3n) is 6.35. The summed E-state index contributed by atoms with van der Waals surface area (Å²) in [6, 6.07) is 12.6. The lowest BCUT2D eigenvalue weighted by Crippen LogP contribution is -2.20. The van der Waals surface area contributed by atoms with E-state index in [9.17, 15) is 23.3 Å². The van der Waals surface area contributed by atoms with Gasteiger partial charge in [-0.2, -0.15) is 4.36 Å². The standard InChI is InChI=1S/C29H32FN5O5S2/c1-17-7-9-22(30)23(12-17)34-29(38)33-20-8-10-24-18(13-20)15-25(41-24)21-14-19(16-32-27(21)31)28(37)35-42(3,39)11-5-4-6-26(36)40-2/h7-10,12-16,26,36H,4-6,11H2,1-3H3,(H2,31,32)(H2,33,34,38). The number of nitrogens with zero attached hydrogens (tertiary/aromatic N) is 2. The molecule has 0 aliphatic carbocycles. The molecule has 222 valence electrons. The first kappa shape index (κ1) is 31.0. The molecule has 10 nitrogen and oxygen atoms in total. The molecular formula is C29H32FN5O5S2. The Bertz CT molecular complexity index is 1750. The summed E-state index contributed by atoms with van der Waals surface area (Å²) in [6.45, 7) is 1.80. The molecule has 13 heteroatoms. The maximum atomic E-state index is 14.0. The van der Waals surface area contributed by atoms with Crippen molar-refractivity contribution in [3.63, 3.8) is 0 Å². The number of aliphatic hydroxyl groups is 1. The first-order valence-corrected chi connectivity index (χ1v) is 15.9. The number of fused-ring (bicyclic) bond motifs is 1. The van der Waals surface area contributed by atoms with Crippen molar-refractivity contribution in [2.24, 2.45) is 4.36 Å². The van der Waals surface area contributed by atoms with Crippen molar-refractivity contribution in [1.29, 1.82) is 0 Å². The van der Waals surface area contributed by atoms with Gasteiger partial charge in [0.2, 0.25) is 0 Å². The van der Waals surface area contributed by atoms with E-state index in [0.29, 0.717) is 30.5 Å². The molecule has 5 N–H and O–H groups in total. The highest BCUT2D eigenvalue weighted by Crippen LogP contribution is 2.37. The largest absolute Gasteiger partial charge is 0.383 e. The van der Waals surface area contributed by atoms with Gasteiger partial charge in [-0.3, -0.25) is 4.79 Å². The minimum atomic E-state index is -2.79. The van der Waals surface area contributed by atoms with Gasteiger partial charge in [-0.1, -0.05) is 6.07 Å². The van der Waals surface area contributed by atoms with Gasteiger partial charge in [0.1, 0.15) is 11.6 Å². The quantitative estimate of drug-likeness (QED) is 0.126. The molecule has 2 aromatic heterocycles. The van der Waals surface area contributed by atoms with E-state index >= 15 is 0 Å². The number of carbonyl (C=O) groups excluding carboxylic acids is 2. The zero-order valence-electron chi connectivity index (χ0n) is 23.3. The topological polar surface area (TPSA) is 156 Å². The smallest absolute Gasteiger partial charge is 0.323 e. The van der Waals surface area contributed by atoms with Gasteiger partial charge in [0.05, 0.1) is 21.0 Å². The van der Waals surface area contributed by atoms with E-state index in [0.717, 1.165) is 20.5 Å². The van der Waals surface area contributed by atoms with Crippen LogP contribution in [0, 0.1) is 12.7 Å². The van der Waals surface area contributed by atoms with Gasteiger partial charge in [-0.05, 0) is 79.6 Å². The molecule has 2 heterocycles. The van der Waals surface area contributed by atoms with E-state index in [1.54, 1.807) is 37.3 Å². The van der Waals surface area contributed by atoms with E-state index in [1.807, 2.05) is 12.1 Å². The Hall–Kier alpha value is -3.91. The lowest BCUT2D eigenvalue weighted by molar-refractivity contribution is -0.0790. The fraction of sp³-hybridized carbons (Fsp3) is 0.276. The molecule has 0 aliphatic rings. The summed E-state index contributed by atoms with van der Waals surface area (Å²) in [6.07, 6.45) is 3.36. The van der Waals surface area contributed by atoms with Crippen molar-refractivity contribution in [3.05, 3.63) is 71.7 Å². The predicted octanol–water partition coefficient (Wildman–Crippen LogP) is 6.01. The Balaban J connectivity index is 1.49. The SMILES string of the molecule is COC(O)CCCCS(C)(=O)=NC(=O)c1cnc(N)c(-c2cc3cc(NC(=O)Nc4cc(C)ccc4F)ccc3s2)c1. The van der Waals surface area contributed by atoms with Crippen molar-refractivity contribution in [1.82, 2.24) is 4.98 Å². The highest BCUT2D eigenvalue weighted by molar-refractivity contribution is 7.93. The number of aliphatic hydroxyl groups excluding tert-OH is 1. The number of nitrogens with one attached hydrogen (secondary N) is 2. The van der Waals surface area contributed by atoms with Crippen LogP contribution in [0.3, 0.4) is 0 Å². The second-order valence-electron chi connectivity index (χ2n) is 9.83. The van der Waals surface area contributed by atoms with Crippen LogP contribution in [-0.2, 0) is 14.5 Å². The molecule has 0 saturated carbocycles. The molecule has 0 bridgehead atoms. The number of hydrogen-bond acceptors (Lipinski definition) is 8. The van der Waals surface area contributed by atoms with Gasteiger partial charge in [-0.25, -0.2) is 18.4 Å². The van der Waals surface area contributed by atoms with Crippen molar-refractivity contribution in [3.8, 4) is 10.4 Å². The number of anilines is 3. The van der Waals surface area contributed by atoms with E-state index in [-0.39, 0.29) is 22.8 Å². The first-order valence-electron chi connectivity index (χ1n) is 13.0. The Morgan fingerprint density at radius 1 is 1.17 bits per heavy atom. The molecule has 4 aromatic rings. The summed E-state index contributed by atoms with van der Waals surface area (Å²) in [5, 5.41) is 15.5. The summed E-state index contributed by atoms with van der Waals surface area (Å²) >= 11 is 1.42. The second kappa shape index (κ2) is 13.4. The fourth-order valence-electron chi connectivity index (χ4n) is 4.14. The maximum Gasteiger partial charge on any atom is 0.323 e. The molecule has 2 aromatic carbocycles. The number of thiophene rings is 1. The van der Waals surface area contributed by atoms with Crippen LogP contribution in [0.5, 0.6) is 0 Å². The number of pyridine rings is 1. The van der Waals surface area contributed by atoms with Crippen LogP contribution in [0.2, 0.25) is 0 Å². The monoisotopic (exact) mass is 613 g/mol. The fourth-order valence-corrected chi connectivity index (χ4v) is 6.50. The second-order valence-corrected chi connectivity index (χ2v) is 13.4. The number of amides is 3. The number of hydrogen-bond donors (Lipinski definition) is 4. The number of halogens is 1. The Labute approximate surface area is 247 Å². The van der Waals surface area contributed by atoms with Crippen LogP contribution in [0.25, 0.3) is 20.5 Å². The molecule has 0 aliphatic heterocycles. The molecule has 0 radical (unpaired) electrons. The summed E-state index contributed by atoms with van der Waals surface area (Å²) in [5.41, 5.74) is 8.22. The number of methoxy groups -OCH3 is 1. The van der Waals surface area contributed by atoms with Crippen LogP contribution in [0.4, 0.5) is 26.4 Å². The van der Waals surface area contributed by atoms with Gasteiger partial charge >= 0.3 is 6.03 Å². The number of nitrogen functional groups attached to an aromatic ring is 1. The summed E-state index contributed by atoms with van der Waals surface area (Å²) in [4.78, 5) is 30.3. The molecule has 2 atom stereocenters. The molecule has 2 unspecified atom stereocenters. The normalized spacial score (nSPS) is 13.4. The first-order chi connectivity index (χ1) is 19.9. The number of aromatic nitrogens is 1. The maximum absolute atomic E-state index is 14.0. The summed E-state index contributed by atoms with van der Waals surface area (Å²) < 4.78 is 36.5. The van der Waals surface area contributed by atoms with Crippen LogP contribution < -0.4 is 16.4 Å². The van der Waals surface area contributed by atoms with Crippen molar-refractivity contribution in [2.75, 3.05) is 35.5 Å².